The van der Waals surface area contributed by atoms with Gasteiger partial charge >= 0.3 is 5.97 Å². The van der Waals surface area contributed by atoms with E-state index in [-0.39, 0.29) is 0 Å². The van der Waals surface area contributed by atoms with Crippen molar-refractivity contribution in [3.05, 3.63) is 42.0 Å². The monoisotopic (exact) mass is 191 g/mol. The second-order valence-corrected chi connectivity index (χ2v) is 3.33. The zero-order valence-electron chi connectivity index (χ0n) is 8.03. The van der Waals surface area contributed by atoms with Crippen molar-refractivity contribution in [2.45, 2.75) is 12.5 Å². The molecule has 0 radical (unpaired) electrons. The van der Waals surface area contributed by atoms with Crippen LogP contribution in [0.1, 0.15) is 18.1 Å². The molecule has 14 heavy (non-hydrogen) atoms. The highest BCUT2D eigenvalue weighted by Gasteiger charge is 2.29. The molecule has 1 aromatic carbocycles. The van der Waals surface area contributed by atoms with Crippen LogP contribution in [0, 0.1) is 0 Å². The van der Waals surface area contributed by atoms with Crippen molar-refractivity contribution in [2.24, 2.45) is 5.73 Å². The number of hydrogen-bond donors (Lipinski definition) is 2. The third-order valence-electron chi connectivity index (χ3n) is 2.19. The van der Waals surface area contributed by atoms with E-state index in [0.29, 0.717) is 5.56 Å². The van der Waals surface area contributed by atoms with Gasteiger partial charge in [0.15, 0.2) is 0 Å². The van der Waals surface area contributed by atoms with E-state index in [2.05, 4.69) is 6.58 Å². The van der Waals surface area contributed by atoms with Crippen LogP contribution in [0.4, 0.5) is 0 Å². The molecule has 3 N–H and O–H groups in total. The molecule has 74 valence electrons. The summed E-state index contributed by atoms with van der Waals surface area (Å²) in [5.74, 6) is -1.04. The number of carboxylic acid groups (broad SMARTS) is 1. The summed E-state index contributed by atoms with van der Waals surface area (Å²) in [7, 11) is 0. The molecule has 0 aliphatic carbocycles. The maximum atomic E-state index is 10.8. The quantitative estimate of drug-likeness (QED) is 0.762. The Balaban J connectivity index is 3.08. The van der Waals surface area contributed by atoms with Gasteiger partial charge in [-0.1, -0.05) is 36.9 Å². The van der Waals surface area contributed by atoms with Crippen LogP contribution in [-0.4, -0.2) is 11.1 Å². The SMILES string of the molecule is C=Cc1ccc([C@](C)(N)C(=O)O)cc1. The van der Waals surface area contributed by atoms with Crippen LogP contribution in [0.2, 0.25) is 0 Å². The Hall–Kier alpha value is -1.61. The van der Waals surface area contributed by atoms with Gasteiger partial charge in [-0.2, -0.15) is 0 Å². The van der Waals surface area contributed by atoms with Crippen LogP contribution >= 0.6 is 0 Å². The molecule has 0 saturated heterocycles. The first-order valence-corrected chi connectivity index (χ1v) is 4.23. The number of hydrogen-bond acceptors (Lipinski definition) is 2. The number of carboxylic acids is 1. The zero-order chi connectivity index (χ0) is 10.8. The van der Waals surface area contributed by atoms with Crippen molar-refractivity contribution >= 4 is 12.0 Å². The molecule has 0 bridgehead atoms. The third-order valence-corrected chi connectivity index (χ3v) is 2.19. The summed E-state index contributed by atoms with van der Waals surface area (Å²) >= 11 is 0. The van der Waals surface area contributed by atoms with Crippen LogP contribution in [0.3, 0.4) is 0 Å². The van der Waals surface area contributed by atoms with Crippen molar-refractivity contribution in [1.29, 1.82) is 0 Å². The van der Waals surface area contributed by atoms with Gasteiger partial charge in [0, 0.05) is 0 Å². The molecule has 0 heterocycles. The Morgan fingerprint density at radius 1 is 1.50 bits per heavy atom. The lowest BCUT2D eigenvalue weighted by Gasteiger charge is -2.19. The summed E-state index contributed by atoms with van der Waals surface area (Å²) in [6, 6.07) is 6.98. The molecule has 0 aliphatic heterocycles. The molecule has 1 rings (SSSR count). The Morgan fingerprint density at radius 2 is 2.00 bits per heavy atom. The average Bonchev–Trinajstić information content (AvgIpc) is 2.17. The van der Waals surface area contributed by atoms with E-state index in [1.54, 1.807) is 30.3 Å². The molecule has 0 saturated carbocycles. The predicted octanol–water partition coefficient (Wildman–Crippen LogP) is 1.59. The Bertz CT molecular complexity index is 352. The first-order chi connectivity index (χ1) is 6.48. The summed E-state index contributed by atoms with van der Waals surface area (Å²) < 4.78 is 0. The van der Waals surface area contributed by atoms with Gasteiger partial charge in [0.05, 0.1) is 0 Å². The largest absolute Gasteiger partial charge is 0.480 e. The topological polar surface area (TPSA) is 63.3 Å². The van der Waals surface area contributed by atoms with Crippen LogP contribution in [-0.2, 0) is 10.3 Å². The Kier molecular flexibility index (Phi) is 2.72. The number of benzene rings is 1. The smallest absolute Gasteiger partial charge is 0.328 e. The van der Waals surface area contributed by atoms with E-state index in [1.807, 2.05) is 0 Å². The van der Waals surface area contributed by atoms with Crippen molar-refractivity contribution in [3.8, 4) is 0 Å². The van der Waals surface area contributed by atoms with E-state index < -0.39 is 11.5 Å². The van der Waals surface area contributed by atoms with Crippen LogP contribution in [0.15, 0.2) is 30.8 Å². The average molecular weight is 191 g/mol. The molecule has 0 spiro atoms. The summed E-state index contributed by atoms with van der Waals surface area (Å²) in [6.07, 6.45) is 1.69. The predicted molar refractivity (Wildman–Crippen MR) is 55.7 cm³/mol. The molecule has 0 fully saturated rings. The fourth-order valence-electron chi connectivity index (χ4n) is 1.09. The summed E-state index contributed by atoms with van der Waals surface area (Å²) in [4.78, 5) is 10.8. The minimum Gasteiger partial charge on any atom is -0.480 e. The lowest BCUT2D eigenvalue weighted by molar-refractivity contribution is -0.143. The summed E-state index contributed by atoms with van der Waals surface area (Å²) in [5, 5.41) is 8.88. The third kappa shape index (κ3) is 1.83. The van der Waals surface area contributed by atoms with E-state index in [0.717, 1.165) is 5.56 Å². The van der Waals surface area contributed by atoms with Gasteiger partial charge in [0.25, 0.3) is 0 Å². The second kappa shape index (κ2) is 3.64. The van der Waals surface area contributed by atoms with Gasteiger partial charge < -0.3 is 10.8 Å². The summed E-state index contributed by atoms with van der Waals surface area (Å²) in [6.45, 7) is 5.08. The fraction of sp³-hybridized carbons (Fsp3) is 0.182. The molecular weight excluding hydrogens is 178 g/mol. The maximum absolute atomic E-state index is 10.8. The van der Waals surface area contributed by atoms with E-state index in [4.69, 9.17) is 10.8 Å². The molecule has 0 unspecified atom stereocenters. The van der Waals surface area contributed by atoms with Crippen LogP contribution < -0.4 is 5.73 Å². The van der Waals surface area contributed by atoms with Gasteiger partial charge in [-0.15, -0.1) is 0 Å². The Labute approximate surface area is 82.9 Å². The van der Waals surface area contributed by atoms with Gasteiger partial charge in [0.1, 0.15) is 5.54 Å². The number of nitrogens with two attached hydrogens (primary N) is 1. The first-order valence-electron chi connectivity index (χ1n) is 4.23. The number of aliphatic carboxylic acids is 1. The molecule has 1 atom stereocenters. The fourth-order valence-corrected chi connectivity index (χ4v) is 1.09. The number of carbonyl (C=O) groups is 1. The number of rotatable bonds is 3. The minimum absolute atomic E-state index is 0.579. The minimum atomic E-state index is -1.33. The molecule has 3 nitrogen and oxygen atoms in total. The second-order valence-electron chi connectivity index (χ2n) is 3.33. The molecule has 1 aromatic rings. The van der Waals surface area contributed by atoms with Crippen molar-refractivity contribution in [2.75, 3.05) is 0 Å². The van der Waals surface area contributed by atoms with Crippen molar-refractivity contribution < 1.29 is 9.90 Å². The highest BCUT2D eigenvalue weighted by Crippen LogP contribution is 2.18. The van der Waals surface area contributed by atoms with Gasteiger partial charge in [0.2, 0.25) is 0 Å². The summed E-state index contributed by atoms with van der Waals surface area (Å²) in [5.41, 5.74) is 5.83. The molecule has 3 heteroatoms. The van der Waals surface area contributed by atoms with Crippen molar-refractivity contribution in [3.63, 3.8) is 0 Å². The zero-order valence-corrected chi connectivity index (χ0v) is 8.03. The standard InChI is InChI=1S/C11H13NO2/c1-3-8-4-6-9(7-5-8)11(2,12)10(13)14/h3-7H,1,12H2,2H3,(H,13,14)/t11-/m0/s1. The normalized spacial score (nSPS) is 14.4. The molecule has 0 aromatic heterocycles. The van der Waals surface area contributed by atoms with E-state index >= 15 is 0 Å². The van der Waals surface area contributed by atoms with E-state index in [9.17, 15) is 4.79 Å². The van der Waals surface area contributed by atoms with Crippen LogP contribution in [0.25, 0.3) is 6.08 Å². The van der Waals surface area contributed by atoms with Crippen LogP contribution in [0.5, 0.6) is 0 Å². The van der Waals surface area contributed by atoms with Gasteiger partial charge in [-0.05, 0) is 18.1 Å². The first kappa shape index (κ1) is 10.5. The van der Waals surface area contributed by atoms with Gasteiger partial charge in [-0.25, -0.2) is 4.79 Å². The highest BCUT2D eigenvalue weighted by molar-refractivity contribution is 5.80. The maximum Gasteiger partial charge on any atom is 0.328 e. The lowest BCUT2D eigenvalue weighted by Crippen LogP contribution is -2.41. The Morgan fingerprint density at radius 3 is 2.36 bits per heavy atom. The molecule has 0 aliphatic rings. The van der Waals surface area contributed by atoms with Crippen molar-refractivity contribution in [1.82, 2.24) is 0 Å². The lowest BCUT2D eigenvalue weighted by atomic mass is 9.93. The molecule has 0 amide bonds. The molecular formula is C11H13NO2. The van der Waals surface area contributed by atoms with Gasteiger partial charge in [-0.3, -0.25) is 0 Å². The highest BCUT2D eigenvalue weighted by atomic mass is 16.4. The van der Waals surface area contributed by atoms with E-state index in [1.165, 1.54) is 6.92 Å².